The fourth-order valence-corrected chi connectivity index (χ4v) is 9.43. The Morgan fingerprint density at radius 3 is 0.500 bits per heavy atom. The highest BCUT2D eigenvalue weighted by Gasteiger charge is 2.34. The van der Waals surface area contributed by atoms with Gasteiger partial charge in [0, 0.05) is 5.41 Å². The molecule has 0 saturated carbocycles. The molecule has 0 spiro atoms. The van der Waals surface area contributed by atoms with Gasteiger partial charge in [0.2, 0.25) is 5.91 Å². The molecule has 56 heavy (non-hydrogen) atoms. The molecule has 0 heterocycles. The van der Waals surface area contributed by atoms with Crippen LogP contribution in [0.25, 0.3) is 0 Å². The number of hydrogen-bond acceptors (Lipinski definition) is 1. The minimum absolute atomic E-state index is 0.0223. The molecule has 0 unspecified atom stereocenters. The largest absolute Gasteiger partial charge is 0.369 e. The Morgan fingerprint density at radius 2 is 0.375 bits per heavy atom. The van der Waals surface area contributed by atoms with E-state index in [1.54, 1.807) is 0 Å². The van der Waals surface area contributed by atoms with Crippen molar-refractivity contribution >= 4 is 5.91 Å². The van der Waals surface area contributed by atoms with Crippen molar-refractivity contribution < 1.29 is 4.79 Å². The smallest absolute Gasteiger partial charge is 0.223 e. The molecular formula is C54H109NO. The molecule has 0 atom stereocenters. The van der Waals surface area contributed by atoms with Gasteiger partial charge in [0.15, 0.2) is 0 Å². The summed E-state index contributed by atoms with van der Waals surface area (Å²) in [5, 5.41) is 0. The molecule has 0 aromatic rings. The third-order valence-electron chi connectivity index (χ3n) is 13.5. The standard InChI is InChI=1S/C54H109NO/c1-4-7-10-13-16-19-22-25-28-30-33-36-39-42-45-48-51-54(53(55)56,50-47-44-41-38-35-32-27-24-21-18-15-12-9-6-3)52-49-46-43-40-37-34-31-29-26-23-20-17-14-11-8-5-2/h4-52H2,1-3H3,(H2,55,56). The monoisotopic (exact) mass is 788 g/mol. The molecule has 0 aliphatic carbocycles. The van der Waals surface area contributed by atoms with E-state index in [9.17, 15) is 4.79 Å². The number of carbonyl (C=O) groups excluding carboxylic acids is 1. The summed E-state index contributed by atoms with van der Waals surface area (Å²) in [6, 6.07) is 0. The lowest BCUT2D eigenvalue weighted by atomic mass is 9.73. The number of primary amides is 1. The van der Waals surface area contributed by atoms with Gasteiger partial charge in [0.1, 0.15) is 0 Å². The number of amides is 1. The lowest BCUT2D eigenvalue weighted by molar-refractivity contribution is -0.129. The highest BCUT2D eigenvalue weighted by atomic mass is 16.1. The van der Waals surface area contributed by atoms with Gasteiger partial charge in [-0.05, 0) is 19.3 Å². The van der Waals surface area contributed by atoms with Crippen LogP contribution in [0.5, 0.6) is 0 Å². The maximum absolute atomic E-state index is 13.2. The van der Waals surface area contributed by atoms with Crippen molar-refractivity contribution in [3.8, 4) is 0 Å². The maximum atomic E-state index is 13.2. The predicted molar refractivity (Wildman–Crippen MR) is 255 cm³/mol. The fraction of sp³-hybridized carbons (Fsp3) is 0.981. The van der Waals surface area contributed by atoms with Crippen molar-refractivity contribution in [2.45, 2.75) is 335 Å². The van der Waals surface area contributed by atoms with Crippen molar-refractivity contribution in [2.75, 3.05) is 0 Å². The zero-order valence-electron chi connectivity index (χ0n) is 39.6. The highest BCUT2D eigenvalue weighted by Crippen LogP contribution is 2.37. The van der Waals surface area contributed by atoms with Crippen molar-refractivity contribution in [1.82, 2.24) is 0 Å². The lowest BCUT2D eigenvalue weighted by Crippen LogP contribution is -2.37. The summed E-state index contributed by atoms with van der Waals surface area (Å²) in [6.45, 7) is 6.92. The summed E-state index contributed by atoms with van der Waals surface area (Å²) in [5.74, 6) is 0.0223. The number of hydrogen-bond donors (Lipinski definition) is 1. The molecule has 0 aromatic heterocycles. The van der Waals surface area contributed by atoms with E-state index in [1.165, 1.54) is 295 Å². The van der Waals surface area contributed by atoms with Gasteiger partial charge in [-0.2, -0.15) is 0 Å². The van der Waals surface area contributed by atoms with Crippen LogP contribution >= 0.6 is 0 Å². The van der Waals surface area contributed by atoms with E-state index < -0.39 is 0 Å². The van der Waals surface area contributed by atoms with Gasteiger partial charge in [0.05, 0.1) is 0 Å². The van der Waals surface area contributed by atoms with Crippen LogP contribution in [0.1, 0.15) is 335 Å². The first-order chi connectivity index (χ1) is 27.6. The molecule has 2 heteroatoms. The van der Waals surface area contributed by atoms with Crippen molar-refractivity contribution in [2.24, 2.45) is 11.1 Å². The first-order valence-corrected chi connectivity index (χ1v) is 26.9. The zero-order valence-corrected chi connectivity index (χ0v) is 39.6. The molecule has 0 aliphatic heterocycles. The second-order valence-electron chi connectivity index (χ2n) is 19.1. The first kappa shape index (κ1) is 55.5. The van der Waals surface area contributed by atoms with Crippen LogP contribution in [0.2, 0.25) is 0 Å². The third kappa shape index (κ3) is 40.3. The van der Waals surface area contributed by atoms with Crippen molar-refractivity contribution in [3.63, 3.8) is 0 Å². The highest BCUT2D eigenvalue weighted by molar-refractivity contribution is 5.80. The maximum Gasteiger partial charge on any atom is 0.223 e. The summed E-state index contributed by atoms with van der Waals surface area (Å²) in [7, 11) is 0. The Kier molecular flexibility index (Phi) is 46.7. The quantitative estimate of drug-likeness (QED) is 0.0613. The van der Waals surface area contributed by atoms with E-state index in [-0.39, 0.29) is 11.3 Å². The van der Waals surface area contributed by atoms with E-state index in [4.69, 9.17) is 5.73 Å². The van der Waals surface area contributed by atoms with E-state index >= 15 is 0 Å². The van der Waals surface area contributed by atoms with Gasteiger partial charge < -0.3 is 5.73 Å². The average molecular weight is 788 g/mol. The van der Waals surface area contributed by atoms with Crippen molar-refractivity contribution in [1.29, 1.82) is 0 Å². The van der Waals surface area contributed by atoms with E-state index in [0.29, 0.717) is 0 Å². The molecule has 0 rings (SSSR count). The molecule has 336 valence electrons. The van der Waals surface area contributed by atoms with Crippen LogP contribution in [0.4, 0.5) is 0 Å². The molecule has 0 saturated heterocycles. The Hall–Kier alpha value is -0.530. The van der Waals surface area contributed by atoms with Crippen LogP contribution in [-0.2, 0) is 4.79 Å². The van der Waals surface area contributed by atoms with Gasteiger partial charge in [-0.1, -0.05) is 316 Å². The summed E-state index contributed by atoms with van der Waals surface area (Å²) >= 11 is 0. The minimum atomic E-state index is -0.247. The second-order valence-corrected chi connectivity index (χ2v) is 19.1. The predicted octanol–water partition coefficient (Wildman–Crippen LogP) is 19.6. The second kappa shape index (κ2) is 47.2. The van der Waals surface area contributed by atoms with E-state index in [0.717, 1.165) is 19.3 Å². The van der Waals surface area contributed by atoms with Crippen LogP contribution in [0, 0.1) is 5.41 Å². The third-order valence-corrected chi connectivity index (χ3v) is 13.5. The van der Waals surface area contributed by atoms with Gasteiger partial charge in [-0.25, -0.2) is 0 Å². The van der Waals surface area contributed by atoms with Gasteiger partial charge in [0.25, 0.3) is 0 Å². The molecule has 0 aromatic carbocycles. The molecule has 2 nitrogen and oxygen atoms in total. The SMILES string of the molecule is CCCCCCCCCCCCCCCCCCC(CCCCCCCCCCCCCCCC)(CCCCCCCCCCCCCCCCCC)C(N)=O. The minimum Gasteiger partial charge on any atom is -0.369 e. The Balaban J connectivity index is 4.32. The fourth-order valence-electron chi connectivity index (χ4n) is 9.43. The summed E-state index contributed by atoms with van der Waals surface area (Å²) in [5.41, 5.74) is 6.07. The average Bonchev–Trinajstić information content (AvgIpc) is 3.20. The zero-order chi connectivity index (χ0) is 40.7. The molecule has 0 bridgehead atoms. The molecule has 1 amide bonds. The van der Waals surface area contributed by atoms with Gasteiger partial charge in [-0.15, -0.1) is 0 Å². The van der Waals surface area contributed by atoms with Crippen molar-refractivity contribution in [3.05, 3.63) is 0 Å². The number of unbranched alkanes of at least 4 members (excludes halogenated alkanes) is 43. The molecule has 2 N–H and O–H groups in total. The van der Waals surface area contributed by atoms with Crippen LogP contribution in [0.3, 0.4) is 0 Å². The molecule has 0 radical (unpaired) electrons. The van der Waals surface area contributed by atoms with Crippen LogP contribution in [0.15, 0.2) is 0 Å². The van der Waals surface area contributed by atoms with Crippen LogP contribution in [-0.4, -0.2) is 5.91 Å². The summed E-state index contributed by atoms with van der Waals surface area (Å²) < 4.78 is 0. The Labute approximate surface area is 356 Å². The Morgan fingerprint density at radius 1 is 0.250 bits per heavy atom. The molecular weight excluding hydrogens is 679 g/mol. The summed E-state index contributed by atoms with van der Waals surface area (Å²) in [4.78, 5) is 13.2. The van der Waals surface area contributed by atoms with Gasteiger partial charge in [-0.3, -0.25) is 4.79 Å². The van der Waals surface area contributed by atoms with Gasteiger partial charge >= 0.3 is 0 Å². The molecule has 0 aliphatic rings. The topological polar surface area (TPSA) is 43.1 Å². The van der Waals surface area contributed by atoms with E-state index in [2.05, 4.69) is 20.8 Å². The number of nitrogens with two attached hydrogens (primary N) is 1. The normalized spacial score (nSPS) is 11.9. The summed E-state index contributed by atoms with van der Waals surface area (Å²) in [6.07, 6.45) is 67.2. The molecule has 0 fully saturated rings. The first-order valence-electron chi connectivity index (χ1n) is 26.9. The number of carbonyl (C=O) groups is 1. The van der Waals surface area contributed by atoms with Crippen LogP contribution < -0.4 is 5.73 Å². The van der Waals surface area contributed by atoms with E-state index in [1.807, 2.05) is 0 Å². The number of rotatable bonds is 50. The Bertz CT molecular complexity index is 696. The lowest BCUT2D eigenvalue weighted by Gasteiger charge is -2.31.